The molecule has 1 heterocycles. The highest BCUT2D eigenvalue weighted by Crippen LogP contribution is 2.39. The summed E-state index contributed by atoms with van der Waals surface area (Å²) in [5.74, 6) is -0.0426. The molecule has 0 spiro atoms. The van der Waals surface area contributed by atoms with Crippen molar-refractivity contribution in [2.75, 3.05) is 0 Å². The number of rotatable bonds is 3. The smallest absolute Gasteiger partial charge is 0.399 e. The fourth-order valence-corrected chi connectivity index (χ4v) is 2.43. The van der Waals surface area contributed by atoms with Crippen LogP contribution in [0.3, 0.4) is 0 Å². The van der Waals surface area contributed by atoms with E-state index in [1.54, 1.807) is 0 Å². The van der Waals surface area contributed by atoms with Crippen molar-refractivity contribution in [1.82, 2.24) is 0 Å². The van der Waals surface area contributed by atoms with Crippen LogP contribution in [0.15, 0.2) is 41.9 Å². The minimum absolute atomic E-state index is 0.0426. The van der Waals surface area contributed by atoms with Crippen LogP contribution < -0.4 is 0 Å². The van der Waals surface area contributed by atoms with Crippen LogP contribution in [0.1, 0.15) is 58.8 Å². The van der Waals surface area contributed by atoms with Crippen LogP contribution in [0.5, 0.6) is 0 Å². The Morgan fingerprint density at radius 2 is 1.48 bits per heavy atom. The molecular weight excluding hydrogens is 287 g/mol. The molecule has 1 fully saturated rings. The van der Waals surface area contributed by atoms with Crippen LogP contribution >= 0.6 is 0 Å². The molecule has 0 radical (unpaired) electrons. The van der Waals surface area contributed by atoms with E-state index < -0.39 is 18.3 Å². The van der Waals surface area contributed by atoms with Crippen molar-refractivity contribution in [1.29, 1.82) is 0 Å². The number of carbonyl (C=O) groups excluding carboxylic acids is 1. The maximum Gasteiger partial charge on any atom is 0.498 e. The summed E-state index contributed by atoms with van der Waals surface area (Å²) in [6.45, 7) is 14.2. The van der Waals surface area contributed by atoms with Crippen LogP contribution in [0.2, 0.25) is 0 Å². The Hall–Kier alpha value is -1.39. The molecule has 23 heavy (non-hydrogen) atoms. The fourth-order valence-electron chi connectivity index (χ4n) is 2.43. The molecule has 1 aliphatic rings. The average molecular weight is 314 g/mol. The summed E-state index contributed by atoms with van der Waals surface area (Å²) in [4.78, 5) is 13.0. The Balaban J connectivity index is 2.42. The zero-order chi connectivity index (χ0) is 17.5. The van der Waals surface area contributed by atoms with Crippen LogP contribution in [0.4, 0.5) is 0 Å². The highest BCUT2D eigenvalue weighted by molar-refractivity contribution is 6.63. The quantitative estimate of drug-likeness (QED) is 0.469. The SMILES string of the molecule is CC(C)(C)C=C(B1OC(C)(C)C(C)(C)O1)C(=O)c1ccccc1. The Morgan fingerprint density at radius 1 is 1.00 bits per heavy atom. The normalized spacial score (nSPS) is 20.7. The molecule has 0 aliphatic carbocycles. The van der Waals surface area contributed by atoms with Crippen molar-refractivity contribution >= 4 is 12.9 Å². The summed E-state index contributed by atoms with van der Waals surface area (Å²) < 4.78 is 12.2. The van der Waals surface area contributed by atoms with Crippen molar-refractivity contribution in [2.45, 2.75) is 59.7 Å². The first kappa shape index (κ1) is 18.0. The lowest BCUT2D eigenvalue weighted by molar-refractivity contribution is 0.00578. The molecule has 0 N–H and O–H groups in total. The first-order chi connectivity index (χ1) is 10.4. The zero-order valence-electron chi connectivity index (χ0n) is 15.3. The monoisotopic (exact) mass is 314 g/mol. The van der Waals surface area contributed by atoms with Crippen LogP contribution in [0.25, 0.3) is 0 Å². The van der Waals surface area contributed by atoms with E-state index in [0.717, 1.165) is 0 Å². The minimum atomic E-state index is -0.646. The van der Waals surface area contributed by atoms with Gasteiger partial charge >= 0.3 is 7.12 Å². The largest absolute Gasteiger partial charge is 0.498 e. The maximum atomic E-state index is 13.0. The Morgan fingerprint density at radius 3 is 1.91 bits per heavy atom. The molecule has 1 aromatic rings. The molecule has 0 bridgehead atoms. The summed E-state index contributed by atoms with van der Waals surface area (Å²) in [7, 11) is -0.646. The number of ketones is 1. The number of carbonyl (C=O) groups is 1. The summed E-state index contributed by atoms with van der Waals surface area (Å²) in [5.41, 5.74) is 0.140. The molecule has 0 unspecified atom stereocenters. The average Bonchev–Trinajstić information content (AvgIpc) is 2.64. The molecule has 0 atom stereocenters. The van der Waals surface area contributed by atoms with Crippen molar-refractivity contribution in [3.8, 4) is 0 Å². The Kier molecular flexibility index (Phi) is 4.62. The molecular formula is C19H27BO3. The summed E-state index contributed by atoms with van der Waals surface area (Å²) in [6, 6.07) is 9.28. The van der Waals surface area contributed by atoms with Gasteiger partial charge in [-0.05, 0) is 33.1 Å². The predicted molar refractivity (Wildman–Crippen MR) is 94.4 cm³/mol. The van der Waals surface area contributed by atoms with Crippen molar-refractivity contribution in [3.05, 3.63) is 47.4 Å². The zero-order valence-corrected chi connectivity index (χ0v) is 15.3. The summed E-state index contributed by atoms with van der Waals surface area (Å²) >= 11 is 0. The van der Waals surface area contributed by atoms with E-state index in [-0.39, 0.29) is 11.2 Å². The van der Waals surface area contributed by atoms with Crippen LogP contribution in [0, 0.1) is 5.41 Å². The van der Waals surface area contributed by atoms with Crippen LogP contribution in [-0.4, -0.2) is 24.1 Å². The summed E-state index contributed by atoms with van der Waals surface area (Å²) in [6.07, 6.45) is 1.96. The highest BCUT2D eigenvalue weighted by Gasteiger charge is 2.53. The van der Waals surface area contributed by atoms with Gasteiger partial charge in [0.2, 0.25) is 0 Å². The first-order valence-electron chi connectivity index (χ1n) is 8.11. The lowest BCUT2D eigenvalue weighted by Crippen LogP contribution is -2.41. The molecule has 124 valence electrons. The second kappa shape index (κ2) is 5.92. The molecule has 3 nitrogen and oxygen atoms in total. The molecule has 4 heteroatoms. The molecule has 1 aromatic carbocycles. The number of allylic oxidation sites excluding steroid dienone is 2. The highest BCUT2D eigenvalue weighted by atomic mass is 16.7. The van der Waals surface area contributed by atoms with E-state index in [1.165, 1.54) is 0 Å². The van der Waals surface area contributed by atoms with Gasteiger partial charge < -0.3 is 9.31 Å². The van der Waals surface area contributed by atoms with Gasteiger partial charge in [0.25, 0.3) is 0 Å². The standard InChI is InChI=1S/C19H27BO3/c1-17(2,3)13-15(16(21)14-11-9-8-10-12-14)20-22-18(4,5)19(6,7)23-20/h8-13H,1-7H3. The molecule has 1 aliphatic heterocycles. The molecule has 0 aromatic heterocycles. The van der Waals surface area contributed by atoms with Crippen molar-refractivity contribution in [2.24, 2.45) is 5.41 Å². The number of hydrogen-bond acceptors (Lipinski definition) is 3. The van der Waals surface area contributed by atoms with Crippen LogP contribution in [-0.2, 0) is 9.31 Å². The van der Waals surface area contributed by atoms with E-state index in [4.69, 9.17) is 9.31 Å². The number of Topliss-reactive ketones (excluding diaryl/α,β-unsaturated/α-hetero) is 1. The molecule has 1 saturated heterocycles. The lowest BCUT2D eigenvalue weighted by atomic mass is 9.71. The number of benzene rings is 1. The first-order valence-corrected chi connectivity index (χ1v) is 8.11. The van der Waals surface area contributed by atoms with E-state index >= 15 is 0 Å². The number of hydrogen-bond donors (Lipinski definition) is 0. The third-order valence-corrected chi connectivity index (χ3v) is 4.39. The third kappa shape index (κ3) is 3.93. The van der Waals surface area contributed by atoms with Gasteiger partial charge in [-0.1, -0.05) is 57.2 Å². The lowest BCUT2D eigenvalue weighted by Gasteiger charge is -2.32. The van der Waals surface area contributed by atoms with E-state index in [2.05, 4.69) is 20.8 Å². The summed E-state index contributed by atoms with van der Waals surface area (Å²) in [5, 5.41) is 0. The van der Waals surface area contributed by atoms with Gasteiger partial charge in [-0.15, -0.1) is 0 Å². The Labute approximate surface area is 140 Å². The minimum Gasteiger partial charge on any atom is -0.399 e. The van der Waals surface area contributed by atoms with Gasteiger partial charge in [0.15, 0.2) is 5.78 Å². The molecule has 2 rings (SSSR count). The second-order valence-corrected chi connectivity index (χ2v) is 8.25. The van der Waals surface area contributed by atoms with Gasteiger partial charge in [0.1, 0.15) is 0 Å². The van der Waals surface area contributed by atoms with Gasteiger partial charge in [-0.3, -0.25) is 4.79 Å². The van der Waals surface area contributed by atoms with Gasteiger partial charge in [-0.25, -0.2) is 0 Å². The van der Waals surface area contributed by atoms with Gasteiger partial charge in [0.05, 0.1) is 11.2 Å². The van der Waals surface area contributed by atoms with E-state index in [0.29, 0.717) is 11.0 Å². The maximum absolute atomic E-state index is 13.0. The molecule has 0 amide bonds. The Bertz CT molecular complexity index is 593. The second-order valence-electron chi connectivity index (χ2n) is 8.25. The van der Waals surface area contributed by atoms with Crippen molar-refractivity contribution in [3.63, 3.8) is 0 Å². The topological polar surface area (TPSA) is 35.5 Å². The van der Waals surface area contributed by atoms with E-state index in [1.807, 2.05) is 64.1 Å². The van der Waals surface area contributed by atoms with Gasteiger partial charge in [0, 0.05) is 11.0 Å². The fraction of sp³-hybridized carbons (Fsp3) is 0.526. The van der Waals surface area contributed by atoms with Crippen molar-refractivity contribution < 1.29 is 14.1 Å². The third-order valence-electron chi connectivity index (χ3n) is 4.39. The van der Waals surface area contributed by atoms with Gasteiger partial charge in [-0.2, -0.15) is 0 Å². The molecule has 0 saturated carbocycles. The van der Waals surface area contributed by atoms with E-state index in [9.17, 15) is 4.79 Å². The predicted octanol–water partition coefficient (Wildman–Crippen LogP) is 4.47.